The molecular weight excluding hydrogens is 368 g/mol. The van der Waals surface area contributed by atoms with E-state index in [1.165, 1.54) is 12.1 Å². The SMILES string of the molecule is Cc1ccc(-c2nnc(CCC(=O)NCc3ccc(OC(F)F)cc3)o2)cc1. The Morgan fingerprint density at radius 1 is 1.11 bits per heavy atom. The molecule has 0 aliphatic heterocycles. The third kappa shape index (κ3) is 5.60. The fourth-order valence-corrected chi connectivity index (χ4v) is 2.47. The zero-order valence-electron chi connectivity index (χ0n) is 15.2. The quantitative estimate of drug-likeness (QED) is 0.634. The zero-order valence-corrected chi connectivity index (χ0v) is 15.2. The lowest BCUT2D eigenvalue weighted by atomic mass is 10.1. The topological polar surface area (TPSA) is 77.2 Å². The number of carbonyl (C=O) groups excluding carboxylic acids is 1. The van der Waals surface area contributed by atoms with Crippen molar-refractivity contribution >= 4 is 5.91 Å². The Morgan fingerprint density at radius 3 is 2.50 bits per heavy atom. The molecule has 0 aliphatic carbocycles. The molecule has 0 spiro atoms. The predicted octanol–water partition coefficient (Wildman–Crippen LogP) is 3.90. The number of aryl methyl sites for hydroxylation is 2. The van der Waals surface area contributed by atoms with E-state index in [1.807, 2.05) is 31.2 Å². The summed E-state index contributed by atoms with van der Waals surface area (Å²) in [6.07, 6.45) is 0.522. The third-order valence-corrected chi connectivity index (χ3v) is 3.97. The van der Waals surface area contributed by atoms with Crippen molar-refractivity contribution in [2.45, 2.75) is 32.9 Å². The van der Waals surface area contributed by atoms with Gasteiger partial charge in [-0.2, -0.15) is 8.78 Å². The highest BCUT2D eigenvalue weighted by atomic mass is 19.3. The van der Waals surface area contributed by atoms with Gasteiger partial charge in [-0.15, -0.1) is 10.2 Å². The number of ether oxygens (including phenoxy) is 1. The van der Waals surface area contributed by atoms with Crippen molar-refractivity contribution in [3.8, 4) is 17.2 Å². The average molecular weight is 387 g/mol. The van der Waals surface area contributed by atoms with E-state index in [0.717, 1.165) is 16.7 Å². The molecule has 0 radical (unpaired) electrons. The highest BCUT2D eigenvalue weighted by molar-refractivity contribution is 5.76. The van der Waals surface area contributed by atoms with Gasteiger partial charge in [-0.1, -0.05) is 29.8 Å². The van der Waals surface area contributed by atoms with Gasteiger partial charge in [0.15, 0.2) is 0 Å². The average Bonchev–Trinajstić information content (AvgIpc) is 3.15. The second kappa shape index (κ2) is 9.07. The number of carbonyl (C=O) groups is 1. The number of halogens is 2. The summed E-state index contributed by atoms with van der Waals surface area (Å²) in [6, 6.07) is 13.8. The highest BCUT2D eigenvalue weighted by Gasteiger charge is 2.11. The van der Waals surface area contributed by atoms with Gasteiger partial charge in [-0.3, -0.25) is 4.79 Å². The van der Waals surface area contributed by atoms with Gasteiger partial charge < -0.3 is 14.5 Å². The monoisotopic (exact) mass is 387 g/mol. The van der Waals surface area contributed by atoms with Crippen LogP contribution in [-0.2, 0) is 17.8 Å². The van der Waals surface area contributed by atoms with Crippen LogP contribution in [-0.4, -0.2) is 22.7 Å². The molecule has 1 amide bonds. The van der Waals surface area contributed by atoms with Crippen LogP contribution in [0, 0.1) is 6.92 Å². The number of hydrogen-bond donors (Lipinski definition) is 1. The lowest BCUT2D eigenvalue weighted by molar-refractivity contribution is -0.121. The third-order valence-electron chi connectivity index (χ3n) is 3.97. The van der Waals surface area contributed by atoms with E-state index in [1.54, 1.807) is 12.1 Å². The summed E-state index contributed by atoms with van der Waals surface area (Å²) >= 11 is 0. The Balaban J connectivity index is 1.45. The molecule has 2 aromatic carbocycles. The molecule has 28 heavy (non-hydrogen) atoms. The Kier molecular flexibility index (Phi) is 6.31. The fourth-order valence-electron chi connectivity index (χ4n) is 2.47. The van der Waals surface area contributed by atoms with Crippen molar-refractivity contribution < 1.29 is 22.7 Å². The number of nitrogens with zero attached hydrogens (tertiary/aromatic N) is 2. The van der Waals surface area contributed by atoms with Crippen LogP contribution in [0.25, 0.3) is 11.5 Å². The van der Waals surface area contributed by atoms with E-state index in [4.69, 9.17) is 4.42 Å². The van der Waals surface area contributed by atoms with Crippen LogP contribution in [0.2, 0.25) is 0 Å². The molecule has 0 unspecified atom stereocenters. The van der Waals surface area contributed by atoms with Crippen molar-refractivity contribution in [3.63, 3.8) is 0 Å². The van der Waals surface area contributed by atoms with Gasteiger partial charge in [-0.05, 0) is 36.8 Å². The van der Waals surface area contributed by atoms with Gasteiger partial charge >= 0.3 is 6.61 Å². The van der Waals surface area contributed by atoms with Gasteiger partial charge in [0.25, 0.3) is 0 Å². The van der Waals surface area contributed by atoms with Crippen LogP contribution >= 0.6 is 0 Å². The molecule has 1 heterocycles. The molecule has 0 atom stereocenters. The molecule has 0 saturated carbocycles. The van der Waals surface area contributed by atoms with Gasteiger partial charge in [0.1, 0.15) is 5.75 Å². The smallest absolute Gasteiger partial charge is 0.387 e. The van der Waals surface area contributed by atoms with E-state index >= 15 is 0 Å². The second-order valence-corrected chi connectivity index (χ2v) is 6.17. The summed E-state index contributed by atoms with van der Waals surface area (Å²) in [5.41, 5.74) is 2.74. The Morgan fingerprint density at radius 2 is 1.82 bits per heavy atom. The number of aromatic nitrogens is 2. The number of amides is 1. The Hall–Kier alpha value is -3.29. The number of alkyl halides is 2. The summed E-state index contributed by atoms with van der Waals surface area (Å²) in [5.74, 6) is 0.703. The maximum Gasteiger partial charge on any atom is 0.387 e. The molecule has 0 aliphatic rings. The first-order valence-corrected chi connectivity index (χ1v) is 8.69. The van der Waals surface area contributed by atoms with Crippen molar-refractivity contribution in [1.82, 2.24) is 15.5 Å². The summed E-state index contributed by atoms with van der Waals surface area (Å²) < 4.78 is 34.1. The minimum absolute atomic E-state index is 0.0749. The van der Waals surface area contributed by atoms with E-state index < -0.39 is 6.61 Å². The van der Waals surface area contributed by atoms with E-state index in [0.29, 0.717) is 18.2 Å². The molecule has 3 aromatic rings. The molecule has 3 rings (SSSR count). The molecule has 1 N–H and O–H groups in total. The number of nitrogens with one attached hydrogen (secondary N) is 1. The maximum absolute atomic E-state index is 12.1. The predicted molar refractivity (Wildman–Crippen MR) is 97.7 cm³/mol. The second-order valence-electron chi connectivity index (χ2n) is 6.17. The van der Waals surface area contributed by atoms with E-state index in [2.05, 4.69) is 20.3 Å². The summed E-state index contributed by atoms with van der Waals surface area (Å²) in [6.45, 7) is -0.582. The molecule has 1 aromatic heterocycles. The van der Waals surface area contributed by atoms with E-state index in [-0.39, 0.29) is 24.6 Å². The lowest BCUT2D eigenvalue weighted by Crippen LogP contribution is -2.23. The summed E-state index contributed by atoms with van der Waals surface area (Å²) in [7, 11) is 0. The number of hydrogen-bond acceptors (Lipinski definition) is 5. The largest absolute Gasteiger partial charge is 0.435 e. The highest BCUT2D eigenvalue weighted by Crippen LogP contribution is 2.19. The van der Waals surface area contributed by atoms with Crippen LogP contribution in [0.5, 0.6) is 5.75 Å². The van der Waals surface area contributed by atoms with Crippen LogP contribution in [0.15, 0.2) is 52.9 Å². The Labute approximate surface area is 160 Å². The zero-order chi connectivity index (χ0) is 19.9. The van der Waals surface area contributed by atoms with Gasteiger partial charge in [0, 0.05) is 24.9 Å². The van der Waals surface area contributed by atoms with Crippen molar-refractivity contribution in [2.75, 3.05) is 0 Å². The van der Waals surface area contributed by atoms with Gasteiger partial charge in [0.05, 0.1) is 0 Å². The number of benzene rings is 2. The molecule has 0 fully saturated rings. The Bertz CT molecular complexity index is 909. The normalized spacial score (nSPS) is 10.9. The molecular formula is C20H19F2N3O3. The first kappa shape index (κ1) is 19.5. The molecule has 8 heteroatoms. The van der Waals surface area contributed by atoms with Crippen LogP contribution in [0.4, 0.5) is 8.78 Å². The van der Waals surface area contributed by atoms with Crippen LogP contribution in [0.3, 0.4) is 0 Å². The number of rotatable bonds is 8. The summed E-state index contributed by atoms with van der Waals surface area (Å²) in [4.78, 5) is 12.0. The first-order valence-electron chi connectivity index (χ1n) is 8.69. The van der Waals surface area contributed by atoms with E-state index in [9.17, 15) is 13.6 Å². The van der Waals surface area contributed by atoms with Crippen molar-refractivity contribution in [3.05, 3.63) is 65.5 Å². The van der Waals surface area contributed by atoms with Crippen LogP contribution < -0.4 is 10.1 Å². The van der Waals surface area contributed by atoms with Gasteiger partial charge in [0.2, 0.25) is 17.7 Å². The van der Waals surface area contributed by atoms with Crippen molar-refractivity contribution in [1.29, 1.82) is 0 Å². The minimum Gasteiger partial charge on any atom is -0.435 e. The maximum atomic E-state index is 12.1. The van der Waals surface area contributed by atoms with Gasteiger partial charge in [-0.25, -0.2) is 0 Å². The molecule has 0 saturated heterocycles. The molecule has 0 bridgehead atoms. The first-order chi connectivity index (χ1) is 13.5. The minimum atomic E-state index is -2.86. The van der Waals surface area contributed by atoms with Crippen molar-refractivity contribution in [2.24, 2.45) is 0 Å². The molecule has 146 valence electrons. The molecule has 6 nitrogen and oxygen atoms in total. The standard InChI is InChI=1S/C20H19F2N3O3/c1-13-2-6-15(7-3-13)19-25-24-18(28-19)11-10-17(26)23-12-14-4-8-16(9-5-14)27-20(21)22/h2-9,20H,10-12H2,1H3,(H,23,26). The lowest BCUT2D eigenvalue weighted by Gasteiger charge is -2.07. The fraction of sp³-hybridized carbons (Fsp3) is 0.250. The van der Waals surface area contributed by atoms with Crippen LogP contribution in [0.1, 0.15) is 23.4 Å². The summed E-state index contributed by atoms with van der Waals surface area (Å²) in [5, 5.41) is 10.7.